The molecule has 1 N–H and O–H groups in total. The lowest BCUT2D eigenvalue weighted by atomic mass is 9.92. The van der Waals surface area contributed by atoms with Gasteiger partial charge in [0.1, 0.15) is 17.9 Å². The van der Waals surface area contributed by atoms with Crippen LogP contribution in [0, 0.1) is 5.92 Å². The number of Topliss-reactive ketones (excluding diaryl/α,β-unsaturated/α-hetero) is 1. The Labute approximate surface area is 95.2 Å². The minimum atomic E-state index is 0.281. The number of aromatic nitrogens is 3. The van der Waals surface area contributed by atoms with Crippen LogP contribution in [-0.2, 0) is 18.3 Å². The van der Waals surface area contributed by atoms with Crippen LogP contribution in [0.25, 0.3) is 0 Å². The number of ketones is 1. The second-order valence-corrected chi connectivity index (χ2v) is 4.41. The van der Waals surface area contributed by atoms with Crippen LogP contribution >= 0.6 is 0 Å². The van der Waals surface area contributed by atoms with Crippen molar-refractivity contribution >= 4 is 5.78 Å². The molecule has 0 radical (unpaired) electrons. The van der Waals surface area contributed by atoms with E-state index in [2.05, 4.69) is 15.4 Å². The fraction of sp³-hybridized carbons (Fsp3) is 0.727. The van der Waals surface area contributed by atoms with E-state index in [9.17, 15) is 4.79 Å². The molecule has 0 spiro atoms. The Balaban J connectivity index is 1.82. The van der Waals surface area contributed by atoms with Crippen molar-refractivity contribution in [1.82, 2.24) is 20.1 Å². The lowest BCUT2D eigenvalue weighted by Crippen LogP contribution is -2.29. The number of hydrogen-bond donors (Lipinski definition) is 1. The van der Waals surface area contributed by atoms with Crippen LogP contribution in [-0.4, -0.2) is 33.6 Å². The molecular formula is C11H18N4O. The minimum Gasteiger partial charge on any atom is -0.317 e. The zero-order valence-corrected chi connectivity index (χ0v) is 9.65. The molecule has 1 aliphatic rings. The molecule has 1 fully saturated rings. The van der Waals surface area contributed by atoms with Crippen molar-refractivity contribution in [3.8, 4) is 0 Å². The molecule has 0 aliphatic carbocycles. The summed E-state index contributed by atoms with van der Waals surface area (Å²) in [6, 6.07) is 0. The van der Waals surface area contributed by atoms with Gasteiger partial charge in [-0.1, -0.05) is 0 Å². The van der Waals surface area contributed by atoms with E-state index in [1.807, 2.05) is 7.05 Å². The van der Waals surface area contributed by atoms with Crippen LogP contribution in [0.4, 0.5) is 0 Å². The molecule has 0 bridgehead atoms. The quantitative estimate of drug-likeness (QED) is 0.797. The average molecular weight is 222 g/mol. The van der Waals surface area contributed by atoms with Crippen molar-refractivity contribution in [2.45, 2.75) is 25.7 Å². The predicted octanol–water partition coefficient (Wildman–Crippen LogP) is 0.316. The number of hydrogen-bond acceptors (Lipinski definition) is 4. The fourth-order valence-corrected chi connectivity index (χ4v) is 2.14. The maximum atomic E-state index is 11.8. The fourth-order valence-electron chi connectivity index (χ4n) is 2.14. The van der Waals surface area contributed by atoms with Crippen molar-refractivity contribution < 1.29 is 4.79 Å². The summed E-state index contributed by atoms with van der Waals surface area (Å²) in [5, 5.41) is 7.26. The number of rotatable bonds is 4. The Hall–Kier alpha value is -1.23. The molecule has 1 saturated heterocycles. The highest BCUT2D eigenvalue weighted by Gasteiger charge is 2.17. The molecule has 1 aromatic rings. The molecule has 0 unspecified atom stereocenters. The van der Waals surface area contributed by atoms with Crippen molar-refractivity contribution in [1.29, 1.82) is 0 Å². The number of piperidine rings is 1. The maximum absolute atomic E-state index is 11.8. The van der Waals surface area contributed by atoms with E-state index in [0.717, 1.165) is 31.8 Å². The van der Waals surface area contributed by atoms with Crippen LogP contribution in [0.15, 0.2) is 6.33 Å². The van der Waals surface area contributed by atoms with Gasteiger partial charge in [-0.05, 0) is 31.8 Å². The summed E-state index contributed by atoms with van der Waals surface area (Å²) in [7, 11) is 1.82. The molecule has 0 aromatic carbocycles. The van der Waals surface area contributed by atoms with E-state index in [-0.39, 0.29) is 5.78 Å². The molecule has 0 saturated carbocycles. The molecule has 0 amide bonds. The first-order chi connectivity index (χ1) is 7.75. The summed E-state index contributed by atoms with van der Waals surface area (Å²) >= 11 is 0. The molecule has 16 heavy (non-hydrogen) atoms. The Kier molecular flexibility index (Phi) is 3.66. The van der Waals surface area contributed by atoms with Crippen molar-refractivity contribution in [2.75, 3.05) is 13.1 Å². The molecular weight excluding hydrogens is 204 g/mol. The highest BCUT2D eigenvalue weighted by atomic mass is 16.1. The molecule has 88 valence electrons. The van der Waals surface area contributed by atoms with Crippen LogP contribution < -0.4 is 5.32 Å². The number of carbonyl (C=O) groups excluding carboxylic acids is 1. The number of nitrogens with zero attached hydrogens (tertiary/aromatic N) is 3. The molecule has 1 aromatic heterocycles. The van der Waals surface area contributed by atoms with Gasteiger partial charge in [0.05, 0.1) is 6.42 Å². The van der Waals surface area contributed by atoms with Crippen LogP contribution in [0.2, 0.25) is 0 Å². The van der Waals surface area contributed by atoms with Gasteiger partial charge in [0, 0.05) is 13.5 Å². The lowest BCUT2D eigenvalue weighted by molar-refractivity contribution is -0.119. The number of nitrogens with one attached hydrogen (secondary N) is 1. The topological polar surface area (TPSA) is 59.8 Å². The van der Waals surface area contributed by atoms with Crippen molar-refractivity contribution in [3.63, 3.8) is 0 Å². The highest BCUT2D eigenvalue weighted by Crippen LogP contribution is 2.16. The van der Waals surface area contributed by atoms with Crippen molar-refractivity contribution in [2.24, 2.45) is 13.0 Å². The summed E-state index contributed by atoms with van der Waals surface area (Å²) < 4.78 is 1.67. The summed E-state index contributed by atoms with van der Waals surface area (Å²) in [5.41, 5.74) is 0. The Bertz CT molecular complexity index is 355. The van der Waals surface area contributed by atoms with E-state index in [0.29, 0.717) is 18.8 Å². The first-order valence-electron chi connectivity index (χ1n) is 5.81. The summed E-state index contributed by atoms with van der Waals surface area (Å²) in [6.45, 7) is 2.09. The molecule has 0 atom stereocenters. The SMILES string of the molecule is Cn1ncnc1CC(=O)CC1CCNCC1. The van der Waals surface area contributed by atoms with E-state index < -0.39 is 0 Å². The van der Waals surface area contributed by atoms with Gasteiger partial charge in [0.25, 0.3) is 0 Å². The van der Waals surface area contributed by atoms with Gasteiger partial charge in [-0.15, -0.1) is 0 Å². The third kappa shape index (κ3) is 2.88. The molecule has 2 heterocycles. The second-order valence-electron chi connectivity index (χ2n) is 4.41. The summed E-state index contributed by atoms with van der Waals surface area (Å²) in [4.78, 5) is 15.9. The minimum absolute atomic E-state index is 0.281. The summed E-state index contributed by atoms with van der Waals surface area (Å²) in [6.07, 6.45) is 4.83. The highest BCUT2D eigenvalue weighted by molar-refractivity contribution is 5.80. The summed E-state index contributed by atoms with van der Waals surface area (Å²) in [5.74, 6) is 1.60. The Morgan fingerprint density at radius 2 is 2.31 bits per heavy atom. The van der Waals surface area contributed by atoms with Gasteiger partial charge in [0.15, 0.2) is 0 Å². The van der Waals surface area contributed by atoms with Gasteiger partial charge < -0.3 is 5.32 Å². The predicted molar refractivity (Wildman–Crippen MR) is 59.9 cm³/mol. The van der Waals surface area contributed by atoms with E-state index in [1.54, 1.807) is 4.68 Å². The lowest BCUT2D eigenvalue weighted by Gasteiger charge is -2.21. The van der Waals surface area contributed by atoms with Crippen LogP contribution in [0.5, 0.6) is 0 Å². The zero-order chi connectivity index (χ0) is 11.4. The molecule has 2 rings (SSSR count). The Morgan fingerprint density at radius 3 is 2.94 bits per heavy atom. The first-order valence-corrected chi connectivity index (χ1v) is 5.81. The average Bonchev–Trinajstić information content (AvgIpc) is 2.66. The second kappa shape index (κ2) is 5.21. The van der Waals surface area contributed by atoms with Gasteiger partial charge in [0.2, 0.25) is 0 Å². The van der Waals surface area contributed by atoms with Gasteiger partial charge in [-0.3, -0.25) is 9.48 Å². The van der Waals surface area contributed by atoms with E-state index in [4.69, 9.17) is 0 Å². The molecule has 5 heteroatoms. The monoisotopic (exact) mass is 222 g/mol. The molecule has 5 nitrogen and oxygen atoms in total. The third-order valence-corrected chi connectivity index (χ3v) is 3.14. The largest absolute Gasteiger partial charge is 0.317 e. The van der Waals surface area contributed by atoms with Gasteiger partial charge >= 0.3 is 0 Å². The van der Waals surface area contributed by atoms with Crippen molar-refractivity contribution in [3.05, 3.63) is 12.2 Å². The van der Waals surface area contributed by atoms with E-state index in [1.165, 1.54) is 6.33 Å². The Morgan fingerprint density at radius 1 is 1.56 bits per heavy atom. The van der Waals surface area contributed by atoms with Gasteiger partial charge in [-0.2, -0.15) is 5.10 Å². The first kappa shape index (κ1) is 11.3. The number of aryl methyl sites for hydroxylation is 1. The van der Waals surface area contributed by atoms with Crippen LogP contribution in [0.3, 0.4) is 0 Å². The normalized spacial score (nSPS) is 17.6. The van der Waals surface area contributed by atoms with E-state index >= 15 is 0 Å². The number of carbonyl (C=O) groups is 1. The smallest absolute Gasteiger partial charge is 0.140 e. The van der Waals surface area contributed by atoms with Gasteiger partial charge in [-0.25, -0.2) is 4.98 Å². The van der Waals surface area contributed by atoms with Crippen LogP contribution in [0.1, 0.15) is 25.1 Å². The molecule has 1 aliphatic heterocycles. The third-order valence-electron chi connectivity index (χ3n) is 3.14. The standard InChI is InChI=1S/C11H18N4O/c1-15-11(13-8-14-15)7-10(16)6-9-2-4-12-5-3-9/h8-9,12H,2-7H2,1H3. The maximum Gasteiger partial charge on any atom is 0.140 e. The zero-order valence-electron chi connectivity index (χ0n) is 9.65.